The number of ether oxygens (including phenoxy) is 2. The third-order valence-corrected chi connectivity index (χ3v) is 7.85. The quantitative estimate of drug-likeness (QED) is 0.153. The topological polar surface area (TPSA) is 116 Å². The molecular weight excluding hydrogens is 568 g/mol. The summed E-state index contributed by atoms with van der Waals surface area (Å²) < 4.78 is 13.2. The highest BCUT2D eigenvalue weighted by Crippen LogP contribution is 2.29. The Labute approximate surface area is 266 Å². The van der Waals surface area contributed by atoms with Gasteiger partial charge in [-0.25, -0.2) is 14.8 Å². The van der Waals surface area contributed by atoms with Crippen LogP contribution in [0, 0.1) is 0 Å². The number of hydrogen-bond acceptors (Lipinski definition) is 8. The van der Waals surface area contributed by atoms with Gasteiger partial charge < -0.3 is 24.7 Å². The maximum atomic E-state index is 13.7. The number of carbonyl (C=O) groups excluding carboxylic acids is 2. The van der Waals surface area contributed by atoms with Crippen molar-refractivity contribution < 1.29 is 19.1 Å². The van der Waals surface area contributed by atoms with E-state index < -0.39 is 5.97 Å². The Morgan fingerprint density at radius 1 is 1.00 bits per heavy atom. The van der Waals surface area contributed by atoms with Crippen molar-refractivity contribution in [1.29, 1.82) is 0 Å². The molecule has 0 radical (unpaired) electrons. The number of anilines is 1. The number of amides is 1. The lowest BCUT2D eigenvalue weighted by molar-refractivity contribution is -0.149. The summed E-state index contributed by atoms with van der Waals surface area (Å²) >= 11 is 0. The molecule has 10 nitrogen and oxygen atoms in total. The zero-order valence-electron chi connectivity index (χ0n) is 27.4. The van der Waals surface area contributed by atoms with Crippen LogP contribution in [-0.4, -0.2) is 75.1 Å². The number of unbranched alkanes of at least 4 members (excludes halogenated alkanes) is 1. The maximum absolute atomic E-state index is 13.7. The summed E-state index contributed by atoms with van der Waals surface area (Å²) in [5.41, 5.74) is 9.92. The molecule has 0 aliphatic carbocycles. The van der Waals surface area contributed by atoms with Crippen LogP contribution in [-0.2, 0) is 33.8 Å². The first kappa shape index (κ1) is 33.7. The summed E-state index contributed by atoms with van der Waals surface area (Å²) in [5, 5.41) is 1.03. The van der Waals surface area contributed by atoms with Gasteiger partial charge in [-0.1, -0.05) is 57.5 Å². The van der Waals surface area contributed by atoms with Crippen molar-refractivity contribution in [3.8, 4) is 5.75 Å². The summed E-state index contributed by atoms with van der Waals surface area (Å²) in [6, 6.07) is 15.6. The lowest BCUT2D eigenvalue weighted by Crippen LogP contribution is -2.40. The highest BCUT2D eigenvalue weighted by Gasteiger charge is 2.20. The fourth-order valence-corrected chi connectivity index (χ4v) is 5.51. The predicted molar refractivity (Wildman–Crippen MR) is 179 cm³/mol. The lowest BCUT2D eigenvalue weighted by Gasteiger charge is -2.27. The highest BCUT2D eigenvalue weighted by atomic mass is 16.6. The number of nitrogen functional groups attached to an aromatic ring is 1. The van der Waals surface area contributed by atoms with Crippen molar-refractivity contribution in [2.45, 2.75) is 79.5 Å². The number of fused-ring (bicyclic) bond motifs is 3. The lowest BCUT2D eigenvalue weighted by atomic mass is 10.1. The van der Waals surface area contributed by atoms with Gasteiger partial charge in [0.25, 0.3) is 0 Å². The molecule has 0 spiro atoms. The monoisotopic (exact) mass is 616 g/mol. The number of aryl methyl sites for hydroxylation is 2. The van der Waals surface area contributed by atoms with E-state index in [2.05, 4.69) is 41.3 Å². The van der Waals surface area contributed by atoms with E-state index in [1.165, 1.54) is 0 Å². The number of hydrogen-bond donors (Lipinski definition) is 1. The Balaban J connectivity index is 1.56. The summed E-state index contributed by atoms with van der Waals surface area (Å²) in [4.78, 5) is 39.3. The van der Waals surface area contributed by atoms with E-state index in [-0.39, 0.29) is 18.6 Å². The predicted octanol–water partition coefficient (Wildman–Crippen LogP) is 5.60. The number of imidazole rings is 1. The van der Waals surface area contributed by atoms with Crippen LogP contribution in [0.1, 0.15) is 65.3 Å². The van der Waals surface area contributed by atoms with E-state index >= 15 is 0 Å². The Bertz CT molecular complexity index is 1580. The molecule has 0 aliphatic heterocycles. The van der Waals surface area contributed by atoms with Gasteiger partial charge in [0, 0.05) is 31.4 Å². The van der Waals surface area contributed by atoms with Crippen LogP contribution in [0.4, 0.5) is 5.82 Å². The average molecular weight is 617 g/mol. The van der Waals surface area contributed by atoms with Crippen LogP contribution in [0.25, 0.3) is 21.9 Å². The Hall–Kier alpha value is -4.18. The van der Waals surface area contributed by atoms with E-state index in [1.807, 2.05) is 41.3 Å². The minimum absolute atomic E-state index is 0.0751. The van der Waals surface area contributed by atoms with Gasteiger partial charge >= 0.3 is 5.97 Å². The largest absolute Gasteiger partial charge is 0.482 e. The standard InChI is InChI=1S/C35H48N6O4/c1-6-9-18-30-38-33-34(28-16-10-11-17-29(28)37-35(33)36)41(30)20-13-19-40(31(42)23-39(7-2)8-3)22-26-14-12-15-27(21-26)44-24-32(43)45-25(4)5/h10-12,14-17,21,25H,6-9,13,18-20,22-24H2,1-5H3,(H2,36,37). The van der Waals surface area contributed by atoms with Crippen LogP contribution in [0.3, 0.4) is 0 Å². The Morgan fingerprint density at radius 2 is 1.78 bits per heavy atom. The molecule has 1 amide bonds. The summed E-state index contributed by atoms with van der Waals surface area (Å²) in [6.45, 7) is 13.4. The average Bonchev–Trinajstić information content (AvgIpc) is 3.40. The van der Waals surface area contributed by atoms with E-state index in [1.54, 1.807) is 19.9 Å². The smallest absolute Gasteiger partial charge is 0.344 e. The molecule has 242 valence electrons. The minimum Gasteiger partial charge on any atom is -0.482 e. The Morgan fingerprint density at radius 3 is 2.51 bits per heavy atom. The number of nitrogens with zero attached hydrogens (tertiary/aromatic N) is 5. The number of esters is 1. The van der Waals surface area contributed by atoms with Crippen LogP contribution in [0.5, 0.6) is 5.75 Å². The summed E-state index contributed by atoms with van der Waals surface area (Å²) in [7, 11) is 0. The first-order valence-electron chi connectivity index (χ1n) is 16.2. The van der Waals surface area contributed by atoms with Crippen molar-refractivity contribution in [1.82, 2.24) is 24.3 Å². The first-order chi connectivity index (χ1) is 21.7. The zero-order chi connectivity index (χ0) is 32.3. The number of carbonyl (C=O) groups is 2. The number of likely N-dealkylation sites (N-methyl/N-ethyl adjacent to an activating group) is 1. The fraction of sp³-hybridized carbons (Fsp3) is 0.486. The second-order valence-electron chi connectivity index (χ2n) is 11.6. The number of benzene rings is 2. The molecule has 4 aromatic rings. The molecule has 0 fully saturated rings. The van der Waals surface area contributed by atoms with Crippen LogP contribution in [0.2, 0.25) is 0 Å². The molecule has 0 saturated carbocycles. The third-order valence-electron chi connectivity index (χ3n) is 7.85. The number of pyridine rings is 1. The van der Waals surface area contributed by atoms with Crippen molar-refractivity contribution in [3.05, 3.63) is 59.9 Å². The molecule has 2 aromatic heterocycles. The van der Waals surface area contributed by atoms with Gasteiger partial charge in [0.15, 0.2) is 12.4 Å². The zero-order valence-corrected chi connectivity index (χ0v) is 27.4. The van der Waals surface area contributed by atoms with Gasteiger partial charge in [0.2, 0.25) is 5.91 Å². The molecule has 0 atom stereocenters. The molecular formula is C35H48N6O4. The number of aromatic nitrogens is 3. The van der Waals surface area contributed by atoms with E-state index in [4.69, 9.17) is 20.2 Å². The van der Waals surface area contributed by atoms with E-state index in [0.29, 0.717) is 37.7 Å². The molecule has 45 heavy (non-hydrogen) atoms. The molecule has 0 bridgehead atoms. The van der Waals surface area contributed by atoms with Crippen LogP contribution in [0.15, 0.2) is 48.5 Å². The molecule has 2 aromatic carbocycles. The van der Waals surface area contributed by atoms with Gasteiger partial charge in [-0.15, -0.1) is 0 Å². The minimum atomic E-state index is -0.415. The Kier molecular flexibility index (Phi) is 12.2. The molecule has 2 heterocycles. The normalized spacial score (nSPS) is 11.5. The van der Waals surface area contributed by atoms with E-state index in [9.17, 15) is 9.59 Å². The fourth-order valence-electron chi connectivity index (χ4n) is 5.51. The van der Waals surface area contributed by atoms with E-state index in [0.717, 1.165) is 72.1 Å². The van der Waals surface area contributed by atoms with Crippen molar-refractivity contribution in [2.75, 3.05) is 38.5 Å². The van der Waals surface area contributed by atoms with Crippen LogP contribution >= 0.6 is 0 Å². The van der Waals surface area contributed by atoms with Gasteiger partial charge in [-0.05, 0) is 63.5 Å². The molecule has 4 rings (SSSR count). The second-order valence-corrected chi connectivity index (χ2v) is 11.6. The summed E-state index contributed by atoms with van der Waals surface area (Å²) in [6.07, 6.45) is 3.47. The highest BCUT2D eigenvalue weighted by molar-refractivity contribution is 6.06. The summed E-state index contributed by atoms with van der Waals surface area (Å²) in [5.74, 6) is 1.66. The third kappa shape index (κ3) is 8.94. The molecule has 10 heteroatoms. The van der Waals surface area contributed by atoms with Gasteiger partial charge in [-0.3, -0.25) is 9.69 Å². The molecule has 0 saturated heterocycles. The second kappa shape index (κ2) is 16.2. The first-order valence-corrected chi connectivity index (χ1v) is 16.2. The SMILES string of the molecule is CCCCc1nc2c(N)nc3ccccc3c2n1CCCN(Cc1cccc(OCC(=O)OC(C)C)c1)C(=O)CN(CC)CC. The molecule has 0 unspecified atom stereocenters. The number of rotatable bonds is 17. The van der Waals surface area contributed by atoms with Gasteiger partial charge in [-0.2, -0.15) is 0 Å². The molecule has 0 aliphatic rings. The van der Waals surface area contributed by atoms with Gasteiger partial charge in [0.1, 0.15) is 17.1 Å². The number of nitrogens with two attached hydrogens (primary N) is 1. The van der Waals surface area contributed by atoms with Crippen molar-refractivity contribution in [3.63, 3.8) is 0 Å². The van der Waals surface area contributed by atoms with Crippen molar-refractivity contribution >= 4 is 39.6 Å². The van der Waals surface area contributed by atoms with Crippen molar-refractivity contribution in [2.24, 2.45) is 0 Å². The maximum Gasteiger partial charge on any atom is 0.344 e. The van der Waals surface area contributed by atoms with Crippen LogP contribution < -0.4 is 10.5 Å². The van der Waals surface area contributed by atoms with Gasteiger partial charge in [0.05, 0.1) is 23.7 Å². The molecule has 2 N–H and O–H groups in total. The number of para-hydroxylation sites is 1.